The molecule has 1 aliphatic heterocycles. The Balaban J connectivity index is 2.31. The van der Waals surface area contributed by atoms with Gasteiger partial charge in [0.05, 0.1) is 14.2 Å². The molecule has 0 N–H and O–H groups in total. The molecule has 5 nitrogen and oxygen atoms in total. The van der Waals surface area contributed by atoms with Crippen molar-refractivity contribution in [3.8, 4) is 11.5 Å². The molecular weight excluding hydrogens is 282 g/mol. The summed E-state index contributed by atoms with van der Waals surface area (Å²) < 4.78 is 16.1. The van der Waals surface area contributed by atoms with Crippen LogP contribution in [0, 0.1) is 0 Å². The molecule has 0 atom stereocenters. The van der Waals surface area contributed by atoms with Crippen molar-refractivity contribution in [2.75, 3.05) is 20.8 Å². The van der Waals surface area contributed by atoms with Crippen LogP contribution < -0.4 is 9.47 Å². The third-order valence-electron chi connectivity index (χ3n) is 3.46. The number of nitrogens with zero attached hydrogens (tertiary/aromatic N) is 1. The minimum Gasteiger partial charge on any atom is -0.493 e. The lowest BCUT2D eigenvalue weighted by atomic mass is 9.96. The number of hydrogen-bond donors (Lipinski definition) is 0. The lowest BCUT2D eigenvalue weighted by Crippen LogP contribution is -2.38. The van der Waals surface area contributed by atoms with Crippen molar-refractivity contribution in [3.05, 3.63) is 29.8 Å². The maximum Gasteiger partial charge on any atom is 0.414 e. The zero-order chi connectivity index (χ0) is 16.5. The summed E-state index contributed by atoms with van der Waals surface area (Å²) in [6.07, 6.45) is 0.339. The van der Waals surface area contributed by atoms with E-state index in [1.165, 1.54) is 0 Å². The second kappa shape index (κ2) is 5.91. The maximum absolute atomic E-state index is 12.3. The monoisotopic (exact) mass is 305 g/mol. The lowest BCUT2D eigenvalue weighted by molar-refractivity contribution is 0.0351. The van der Waals surface area contributed by atoms with Gasteiger partial charge in [-0.3, -0.25) is 4.90 Å². The Kier molecular flexibility index (Phi) is 4.35. The summed E-state index contributed by atoms with van der Waals surface area (Å²) in [7, 11) is 3.19. The summed E-state index contributed by atoms with van der Waals surface area (Å²) in [5.41, 5.74) is 2.06. The largest absolute Gasteiger partial charge is 0.493 e. The highest BCUT2D eigenvalue weighted by atomic mass is 16.6. The summed E-state index contributed by atoms with van der Waals surface area (Å²) in [6.45, 7) is 10.1. The van der Waals surface area contributed by atoms with Crippen LogP contribution in [0.5, 0.6) is 11.5 Å². The smallest absolute Gasteiger partial charge is 0.414 e. The predicted octanol–water partition coefficient (Wildman–Crippen LogP) is 3.47. The summed E-state index contributed by atoms with van der Waals surface area (Å²) >= 11 is 0. The molecule has 120 valence electrons. The Labute approximate surface area is 131 Å². The second-order valence-corrected chi connectivity index (χ2v) is 6.19. The molecule has 0 spiro atoms. The van der Waals surface area contributed by atoms with Gasteiger partial charge in [0.15, 0.2) is 11.5 Å². The highest BCUT2D eigenvalue weighted by Gasteiger charge is 2.29. The number of methoxy groups -OCH3 is 2. The fourth-order valence-corrected chi connectivity index (χ4v) is 2.43. The van der Waals surface area contributed by atoms with Crippen molar-refractivity contribution >= 4 is 11.8 Å². The van der Waals surface area contributed by atoms with E-state index in [2.05, 4.69) is 6.58 Å². The minimum atomic E-state index is -0.533. The summed E-state index contributed by atoms with van der Waals surface area (Å²) in [5.74, 6) is 1.30. The number of hydrogen-bond acceptors (Lipinski definition) is 4. The average molecular weight is 305 g/mol. The summed E-state index contributed by atoms with van der Waals surface area (Å²) in [4.78, 5) is 13.9. The van der Waals surface area contributed by atoms with E-state index in [1.54, 1.807) is 19.1 Å². The molecule has 0 unspecified atom stereocenters. The van der Waals surface area contributed by atoms with Crippen molar-refractivity contribution < 1.29 is 19.0 Å². The third kappa shape index (κ3) is 3.18. The molecule has 0 saturated carbocycles. The van der Waals surface area contributed by atoms with Gasteiger partial charge < -0.3 is 14.2 Å². The van der Waals surface area contributed by atoms with Crippen molar-refractivity contribution in [1.82, 2.24) is 4.90 Å². The number of carbonyl (C=O) groups excluding carboxylic acids is 1. The fraction of sp³-hybridized carbons (Fsp3) is 0.471. The highest BCUT2D eigenvalue weighted by molar-refractivity contribution is 5.84. The molecule has 1 amide bonds. The quantitative estimate of drug-likeness (QED) is 0.839. The van der Waals surface area contributed by atoms with E-state index in [1.807, 2.05) is 32.9 Å². The number of rotatable bonds is 2. The van der Waals surface area contributed by atoms with Crippen LogP contribution in [0.1, 0.15) is 31.9 Å². The topological polar surface area (TPSA) is 48.0 Å². The van der Waals surface area contributed by atoms with Crippen molar-refractivity contribution in [1.29, 1.82) is 0 Å². The first kappa shape index (κ1) is 16.2. The molecule has 0 bridgehead atoms. The van der Waals surface area contributed by atoms with Crippen LogP contribution in [0.2, 0.25) is 0 Å². The molecule has 0 radical (unpaired) electrons. The first-order valence-corrected chi connectivity index (χ1v) is 7.21. The number of benzene rings is 1. The third-order valence-corrected chi connectivity index (χ3v) is 3.46. The van der Waals surface area contributed by atoms with E-state index >= 15 is 0 Å². The van der Waals surface area contributed by atoms with E-state index in [0.717, 1.165) is 11.1 Å². The van der Waals surface area contributed by atoms with Gasteiger partial charge in [0.1, 0.15) is 5.60 Å². The van der Waals surface area contributed by atoms with Gasteiger partial charge in [0.2, 0.25) is 0 Å². The predicted molar refractivity (Wildman–Crippen MR) is 85.2 cm³/mol. The van der Waals surface area contributed by atoms with Crippen LogP contribution in [0.15, 0.2) is 18.7 Å². The van der Waals surface area contributed by atoms with Gasteiger partial charge in [-0.25, -0.2) is 4.79 Å². The van der Waals surface area contributed by atoms with Crippen molar-refractivity contribution in [3.63, 3.8) is 0 Å². The number of ether oxygens (including phenoxy) is 3. The zero-order valence-corrected chi connectivity index (χ0v) is 13.9. The molecule has 1 heterocycles. The number of carbonyl (C=O) groups is 1. The van der Waals surface area contributed by atoms with Crippen molar-refractivity contribution in [2.24, 2.45) is 0 Å². The summed E-state index contributed by atoms with van der Waals surface area (Å²) in [6, 6.07) is 3.79. The highest BCUT2D eigenvalue weighted by Crippen LogP contribution is 2.37. The number of amides is 1. The van der Waals surface area contributed by atoms with Crippen LogP contribution in [-0.4, -0.2) is 37.4 Å². The van der Waals surface area contributed by atoms with Gasteiger partial charge >= 0.3 is 6.09 Å². The SMILES string of the molecule is C=C1c2cc(OC)c(OC)cc2CCN1C(=O)OC(C)(C)C. The molecule has 1 aromatic carbocycles. The van der Waals surface area contributed by atoms with Crippen LogP contribution in [0.25, 0.3) is 5.70 Å². The Morgan fingerprint density at radius 1 is 1.18 bits per heavy atom. The van der Waals surface area contributed by atoms with Crippen LogP contribution in [0.3, 0.4) is 0 Å². The molecule has 2 rings (SSSR count). The molecule has 0 aliphatic carbocycles. The van der Waals surface area contributed by atoms with E-state index < -0.39 is 5.60 Å². The molecule has 5 heteroatoms. The Morgan fingerprint density at radius 2 is 1.77 bits per heavy atom. The van der Waals surface area contributed by atoms with E-state index in [-0.39, 0.29) is 6.09 Å². The maximum atomic E-state index is 12.3. The van der Waals surface area contributed by atoms with E-state index in [0.29, 0.717) is 30.2 Å². The van der Waals surface area contributed by atoms with Gasteiger partial charge in [-0.2, -0.15) is 0 Å². The molecule has 0 aromatic heterocycles. The van der Waals surface area contributed by atoms with Gasteiger partial charge in [-0.15, -0.1) is 0 Å². The van der Waals surface area contributed by atoms with Crippen LogP contribution in [0.4, 0.5) is 4.79 Å². The van der Waals surface area contributed by atoms with Crippen LogP contribution in [-0.2, 0) is 11.2 Å². The van der Waals surface area contributed by atoms with Crippen molar-refractivity contribution in [2.45, 2.75) is 32.8 Å². The van der Waals surface area contributed by atoms with Gasteiger partial charge in [0, 0.05) is 17.8 Å². The van der Waals surface area contributed by atoms with Crippen LogP contribution >= 0.6 is 0 Å². The first-order chi connectivity index (χ1) is 10.3. The lowest BCUT2D eigenvalue weighted by Gasteiger charge is -2.33. The van der Waals surface area contributed by atoms with E-state index in [9.17, 15) is 4.79 Å². The fourth-order valence-electron chi connectivity index (χ4n) is 2.43. The molecular formula is C17H23NO4. The van der Waals surface area contributed by atoms with Gasteiger partial charge in [-0.05, 0) is 44.9 Å². The minimum absolute atomic E-state index is 0.377. The standard InChI is InChI=1S/C17H23NO4/c1-11-13-10-15(21-6)14(20-5)9-12(13)7-8-18(11)16(19)22-17(2,3)4/h9-10H,1,7-8H2,2-6H3. The van der Waals surface area contributed by atoms with E-state index in [4.69, 9.17) is 14.2 Å². The Bertz CT molecular complexity index is 601. The van der Waals surface area contributed by atoms with Gasteiger partial charge in [0.25, 0.3) is 0 Å². The normalized spacial score (nSPS) is 14.4. The molecule has 1 aromatic rings. The number of fused-ring (bicyclic) bond motifs is 1. The first-order valence-electron chi connectivity index (χ1n) is 7.21. The molecule has 1 aliphatic rings. The molecule has 0 fully saturated rings. The zero-order valence-electron chi connectivity index (χ0n) is 13.9. The van der Waals surface area contributed by atoms with Gasteiger partial charge in [-0.1, -0.05) is 6.58 Å². The Morgan fingerprint density at radius 3 is 2.32 bits per heavy atom. The second-order valence-electron chi connectivity index (χ2n) is 6.19. The average Bonchev–Trinajstić information content (AvgIpc) is 2.44. The summed E-state index contributed by atoms with van der Waals surface area (Å²) in [5, 5.41) is 0. The molecule has 0 saturated heterocycles. The Hall–Kier alpha value is -2.17. The molecule has 22 heavy (non-hydrogen) atoms.